The molecule has 0 aliphatic carbocycles. The predicted octanol–water partition coefficient (Wildman–Crippen LogP) is 1.03. The molecule has 0 radical (unpaired) electrons. The topological polar surface area (TPSA) is 118 Å². The summed E-state index contributed by atoms with van der Waals surface area (Å²) in [5.41, 5.74) is 7.45. The highest BCUT2D eigenvalue weighted by Gasteiger charge is 2.07. The normalized spacial score (nSPS) is 10.1. The first-order valence-corrected chi connectivity index (χ1v) is 7.37. The lowest BCUT2D eigenvalue weighted by Gasteiger charge is -2.12. The molecule has 128 valence electrons. The SMILES string of the molecule is Cc1ccc(NC(=O)NCCOc2nc(N)nc(N(C)C)n2)cc1. The molecule has 2 amide bonds. The number of hydrogen-bond acceptors (Lipinski definition) is 7. The minimum absolute atomic E-state index is 0.0776. The average Bonchev–Trinajstić information content (AvgIpc) is 2.53. The van der Waals surface area contributed by atoms with Crippen LogP contribution < -0.4 is 26.0 Å². The van der Waals surface area contributed by atoms with Crippen LogP contribution in [-0.4, -0.2) is 48.2 Å². The maximum absolute atomic E-state index is 11.8. The van der Waals surface area contributed by atoms with Crippen molar-refractivity contribution < 1.29 is 9.53 Å². The third-order valence-electron chi connectivity index (χ3n) is 2.95. The molecule has 0 aliphatic heterocycles. The number of aromatic nitrogens is 3. The number of nitrogen functional groups attached to an aromatic ring is 1. The van der Waals surface area contributed by atoms with E-state index in [2.05, 4.69) is 25.6 Å². The van der Waals surface area contributed by atoms with Crippen molar-refractivity contribution in [3.05, 3.63) is 29.8 Å². The van der Waals surface area contributed by atoms with Gasteiger partial charge in [-0.25, -0.2) is 4.79 Å². The number of rotatable bonds is 6. The number of anilines is 3. The largest absolute Gasteiger partial charge is 0.461 e. The number of amides is 2. The zero-order chi connectivity index (χ0) is 17.5. The zero-order valence-corrected chi connectivity index (χ0v) is 13.9. The number of nitrogens with one attached hydrogen (secondary N) is 2. The number of aryl methyl sites for hydroxylation is 1. The highest BCUT2D eigenvalue weighted by atomic mass is 16.5. The molecule has 0 spiro atoms. The fourth-order valence-corrected chi connectivity index (χ4v) is 1.74. The van der Waals surface area contributed by atoms with Crippen molar-refractivity contribution in [1.82, 2.24) is 20.3 Å². The van der Waals surface area contributed by atoms with Gasteiger partial charge in [0, 0.05) is 19.8 Å². The van der Waals surface area contributed by atoms with E-state index in [-0.39, 0.29) is 24.6 Å². The van der Waals surface area contributed by atoms with Crippen LogP contribution in [0.25, 0.3) is 0 Å². The number of urea groups is 1. The Morgan fingerprint density at radius 3 is 2.58 bits per heavy atom. The average molecular weight is 331 g/mol. The standard InChI is InChI=1S/C15H21N7O2/c1-10-4-6-11(7-5-10)18-14(23)17-8-9-24-15-20-12(16)19-13(21-15)22(2)3/h4-7H,8-9H2,1-3H3,(H2,17,18,23)(H2,16,19,20,21). The lowest BCUT2D eigenvalue weighted by atomic mass is 10.2. The number of ether oxygens (including phenoxy) is 1. The summed E-state index contributed by atoms with van der Waals surface area (Å²) in [5.74, 6) is 0.483. The fourth-order valence-electron chi connectivity index (χ4n) is 1.74. The van der Waals surface area contributed by atoms with Crippen LogP contribution in [0.4, 0.5) is 22.4 Å². The second-order valence-corrected chi connectivity index (χ2v) is 5.27. The van der Waals surface area contributed by atoms with Gasteiger partial charge in [0.25, 0.3) is 0 Å². The maximum atomic E-state index is 11.8. The number of hydrogen-bond donors (Lipinski definition) is 3. The van der Waals surface area contributed by atoms with Crippen LogP contribution in [0, 0.1) is 6.92 Å². The van der Waals surface area contributed by atoms with E-state index in [1.54, 1.807) is 19.0 Å². The lowest BCUT2D eigenvalue weighted by molar-refractivity contribution is 0.245. The van der Waals surface area contributed by atoms with Crippen molar-refractivity contribution >= 4 is 23.6 Å². The van der Waals surface area contributed by atoms with Crippen molar-refractivity contribution in [3.8, 4) is 6.01 Å². The van der Waals surface area contributed by atoms with Gasteiger partial charge in [0.1, 0.15) is 6.61 Å². The Morgan fingerprint density at radius 1 is 1.21 bits per heavy atom. The summed E-state index contributed by atoms with van der Waals surface area (Å²) in [7, 11) is 3.57. The first-order valence-electron chi connectivity index (χ1n) is 7.37. The van der Waals surface area contributed by atoms with E-state index in [9.17, 15) is 4.79 Å². The first-order chi connectivity index (χ1) is 11.4. The Morgan fingerprint density at radius 2 is 1.92 bits per heavy atom. The van der Waals surface area contributed by atoms with Crippen LogP contribution in [0.5, 0.6) is 6.01 Å². The summed E-state index contributed by atoms with van der Waals surface area (Å²) < 4.78 is 5.38. The third kappa shape index (κ3) is 5.27. The van der Waals surface area contributed by atoms with Gasteiger partial charge in [-0.1, -0.05) is 17.7 Å². The molecule has 0 fully saturated rings. The van der Waals surface area contributed by atoms with Crippen LogP contribution in [0.1, 0.15) is 5.56 Å². The Bertz CT molecular complexity index is 689. The van der Waals surface area contributed by atoms with Gasteiger partial charge < -0.3 is 26.0 Å². The van der Waals surface area contributed by atoms with E-state index in [0.717, 1.165) is 11.3 Å². The highest BCUT2D eigenvalue weighted by Crippen LogP contribution is 2.10. The van der Waals surface area contributed by atoms with E-state index in [1.165, 1.54) is 0 Å². The van der Waals surface area contributed by atoms with Crippen molar-refractivity contribution in [1.29, 1.82) is 0 Å². The van der Waals surface area contributed by atoms with Crippen molar-refractivity contribution in [2.45, 2.75) is 6.92 Å². The van der Waals surface area contributed by atoms with Gasteiger partial charge in [-0.05, 0) is 19.1 Å². The van der Waals surface area contributed by atoms with Crippen LogP contribution in [0.2, 0.25) is 0 Å². The van der Waals surface area contributed by atoms with Gasteiger partial charge in [-0.15, -0.1) is 0 Å². The molecule has 1 heterocycles. The van der Waals surface area contributed by atoms with Gasteiger partial charge in [-0.3, -0.25) is 0 Å². The van der Waals surface area contributed by atoms with Crippen molar-refractivity contribution in [3.63, 3.8) is 0 Å². The van der Waals surface area contributed by atoms with Gasteiger partial charge in [0.2, 0.25) is 11.9 Å². The molecule has 0 saturated carbocycles. The monoisotopic (exact) mass is 331 g/mol. The molecule has 9 nitrogen and oxygen atoms in total. The Hall–Kier alpha value is -3.10. The molecule has 0 atom stereocenters. The van der Waals surface area contributed by atoms with Gasteiger partial charge in [-0.2, -0.15) is 15.0 Å². The van der Waals surface area contributed by atoms with Gasteiger partial charge in [0.05, 0.1) is 6.54 Å². The summed E-state index contributed by atoms with van der Waals surface area (Å²) >= 11 is 0. The molecular formula is C15H21N7O2. The Labute approximate surface area is 140 Å². The van der Waals surface area contributed by atoms with E-state index in [0.29, 0.717) is 12.5 Å². The Kier molecular flexibility index (Phi) is 5.72. The number of nitrogens with two attached hydrogens (primary N) is 1. The molecule has 0 saturated heterocycles. The first kappa shape index (κ1) is 17.3. The number of benzene rings is 1. The minimum atomic E-state index is -0.313. The summed E-state index contributed by atoms with van der Waals surface area (Å²) in [6, 6.07) is 7.32. The summed E-state index contributed by atoms with van der Waals surface area (Å²) in [5, 5.41) is 5.41. The zero-order valence-electron chi connectivity index (χ0n) is 13.9. The maximum Gasteiger partial charge on any atom is 0.323 e. The molecule has 9 heteroatoms. The molecule has 4 N–H and O–H groups in total. The van der Waals surface area contributed by atoms with Crippen LogP contribution in [-0.2, 0) is 0 Å². The van der Waals surface area contributed by atoms with Crippen molar-refractivity contribution in [2.75, 3.05) is 43.2 Å². The number of carbonyl (C=O) groups is 1. The number of nitrogens with zero attached hydrogens (tertiary/aromatic N) is 4. The van der Waals surface area contributed by atoms with E-state index >= 15 is 0 Å². The second kappa shape index (κ2) is 7.95. The summed E-state index contributed by atoms with van der Waals surface area (Å²) in [4.78, 5) is 25.4. The van der Waals surface area contributed by atoms with Crippen LogP contribution in [0.15, 0.2) is 24.3 Å². The predicted molar refractivity (Wildman–Crippen MR) is 92.3 cm³/mol. The molecule has 24 heavy (non-hydrogen) atoms. The molecule has 2 rings (SSSR count). The molecule has 0 aliphatic rings. The highest BCUT2D eigenvalue weighted by molar-refractivity contribution is 5.89. The summed E-state index contributed by atoms with van der Waals surface area (Å²) in [6.45, 7) is 2.48. The molecule has 0 unspecified atom stereocenters. The number of carbonyl (C=O) groups excluding carboxylic acids is 1. The van der Waals surface area contributed by atoms with Crippen molar-refractivity contribution in [2.24, 2.45) is 0 Å². The van der Waals surface area contributed by atoms with E-state index in [4.69, 9.17) is 10.5 Å². The second-order valence-electron chi connectivity index (χ2n) is 5.27. The quantitative estimate of drug-likeness (QED) is 0.676. The van der Waals surface area contributed by atoms with Gasteiger partial charge >= 0.3 is 12.0 Å². The van der Waals surface area contributed by atoms with Crippen LogP contribution >= 0.6 is 0 Å². The smallest absolute Gasteiger partial charge is 0.323 e. The molecule has 2 aromatic rings. The minimum Gasteiger partial charge on any atom is -0.461 e. The third-order valence-corrected chi connectivity index (χ3v) is 2.95. The van der Waals surface area contributed by atoms with E-state index < -0.39 is 0 Å². The molecule has 1 aromatic carbocycles. The Balaban J connectivity index is 1.76. The van der Waals surface area contributed by atoms with Crippen LogP contribution in [0.3, 0.4) is 0 Å². The fraction of sp³-hybridized carbons (Fsp3) is 0.333. The molecule has 0 bridgehead atoms. The summed E-state index contributed by atoms with van der Waals surface area (Å²) in [6.07, 6.45) is 0. The molecular weight excluding hydrogens is 310 g/mol. The molecule has 1 aromatic heterocycles. The van der Waals surface area contributed by atoms with Gasteiger partial charge in [0.15, 0.2) is 0 Å². The lowest BCUT2D eigenvalue weighted by Crippen LogP contribution is -2.32. The van der Waals surface area contributed by atoms with E-state index in [1.807, 2.05) is 31.2 Å².